The molecule has 21 heavy (non-hydrogen) atoms. The van der Waals surface area contributed by atoms with E-state index in [1.807, 2.05) is 12.1 Å². The lowest BCUT2D eigenvalue weighted by Gasteiger charge is -2.19. The second kappa shape index (κ2) is 5.32. The van der Waals surface area contributed by atoms with Crippen molar-refractivity contribution in [2.75, 3.05) is 12.1 Å². The molecule has 1 aliphatic rings. The molecule has 0 amide bonds. The lowest BCUT2D eigenvalue weighted by molar-refractivity contribution is 0.174. The van der Waals surface area contributed by atoms with Gasteiger partial charge in [0.25, 0.3) is 0 Å². The molecule has 1 aliphatic heterocycles. The van der Waals surface area contributed by atoms with E-state index in [1.165, 1.54) is 11.1 Å². The first kappa shape index (κ1) is 13.8. The van der Waals surface area contributed by atoms with E-state index < -0.39 is 0 Å². The van der Waals surface area contributed by atoms with E-state index in [0.717, 1.165) is 23.7 Å². The first-order chi connectivity index (χ1) is 10.0. The van der Waals surface area contributed by atoms with Crippen LogP contribution in [0.3, 0.4) is 0 Å². The van der Waals surface area contributed by atoms with Crippen LogP contribution in [0.15, 0.2) is 42.5 Å². The van der Waals surface area contributed by atoms with Crippen LogP contribution in [0.5, 0.6) is 11.5 Å². The second-order valence-electron chi connectivity index (χ2n) is 6.37. The summed E-state index contributed by atoms with van der Waals surface area (Å²) in [6, 6.07) is 14.7. The Bertz CT molecular complexity index is 627. The molecule has 0 atom stereocenters. The van der Waals surface area contributed by atoms with Gasteiger partial charge in [-0.25, -0.2) is 0 Å². The van der Waals surface area contributed by atoms with Crippen LogP contribution in [0.2, 0.25) is 0 Å². The third-order valence-corrected chi connectivity index (χ3v) is 3.68. The summed E-state index contributed by atoms with van der Waals surface area (Å²) < 4.78 is 10.7. The van der Waals surface area contributed by atoms with Crippen LogP contribution in [0.4, 0.5) is 5.69 Å². The van der Waals surface area contributed by atoms with Crippen molar-refractivity contribution in [2.24, 2.45) is 0 Å². The molecule has 0 unspecified atom stereocenters. The maximum absolute atomic E-state index is 5.39. The van der Waals surface area contributed by atoms with Crippen LogP contribution in [0, 0.1) is 0 Å². The summed E-state index contributed by atoms with van der Waals surface area (Å²) in [5.74, 6) is 1.66. The predicted molar refractivity (Wildman–Crippen MR) is 85.0 cm³/mol. The van der Waals surface area contributed by atoms with Crippen LogP contribution >= 0.6 is 0 Å². The number of hydrogen-bond donors (Lipinski definition) is 1. The van der Waals surface area contributed by atoms with Gasteiger partial charge in [0.1, 0.15) is 0 Å². The molecule has 1 heterocycles. The van der Waals surface area contributed by atoms with Gasteiger partial charge in [0, 0.05) is 12.2 Å². The van der Waals surface area contributed by atoms with Gasteiger partial charge in [-0.1, -0.05) is 39.0 Å². The number of hydrogen-bond acceptors (Lipinski definition) is 3. The zero-order chi connectivity index (χ0) is 14.9. The Morgan fingerprint density at radius 1 is 0.952 bits per heavy atom. The van der Waals surface area contributed by atoms with Crippen LogP contribution in [-0.2, 0) is 12.0 Å². The second-order valence-corrected chi connectivity index (χ2v) is 6.37. The number of nitrogens with one attached hydrogen (secondary N) is 1. The monoisotopic (exact) mass is 283 g/mol. The average Bonchev–Trinajstić information content (AvgIpc) is 2.92. The van der Waals surface area contributed by atoms with E-state index in [9.17, 15) is 0 Å². The van der Waals surface area contributed by atoms with E-state index in [2.05, 4.69) is 56.4 Å². The van der Waals surface area contributed by atoms with Crippen molar-refractivity contribution < 1.29 is 9.47 Å². The topological polar surface area (TPSA) is 30.5 Å². The van der Waals surface area contributed by atoms with Crippen molar-refractivity contribution in [3.05, 3.63) is 53.6 Å². The standard InChI is InChI=1S/C18H21NO2/c1-18(2,3)14-5-7-15(8-6-14)19-11-13-4-9-16-17(10-13)21-12-20-16/h4-10,19H,11-12H2,1-3H3. The van der Waals surface area contributed by atoms with Crippen molar-refractivity contribution >= 4 is 5.69 Å². The first-order valence-electron chi connectivity index (χ1n) is 7.25. The quantitative estimate of drug-likeness (QED) is 0.909. The molecule has 0 fully saturated rings. The van der Waals surface area contributed by atoms with E-state index in [4.69, 9.17) is 9.47 Å². The van der Waals surface area contributed by atoms with E-state index in [1.54, 1.807) is 0 Å². The molecule has 3 nitrogen and oxygen atoms in total. The fraction of sp³-hybridized carbons (Fsp3) is 0.333. The van der Waals surface area contributed by atoms with Gasteiger partial charge in [0.15, 0.2) is 11.5 Å². The Balaban J connectivity index is 1.65. The number of fused-ring (bicyclic) bond motifs is 1. The highest BCUT2D eigenvalue weighted by molar-refractivity contribution is 5.48. The van der Waals surface area contributed by atoms with Crippen molar-refractivity contribution in [3.63, 3.8) is 0 Å². The molecular weight excluding hydrogens is 262 g/mol. The lowest BCUT2D eigenvalue weighted by atomic mass is 9.87. The fourth-order valence-electron chi connectivity index (χ4n) is 2.34. The summed E-state index contributed by atoms with van der Waals surface area (Å²) in [5.41, 5.74) is 3.84. The Labute approximate surface area is 125 Å². The molecule has 0 bridgehead atoms. The molecule has 0 radical (unpaired) electrons. The Morgan fingerprint density at radius 3 is 2.38 bits per heavy atom. The van der Waals surface area contributed by atoms with E-state index in [0.29, 0.717) is 6.79 Å². The molecule has 0 saturated carbocycles. The lowest BCUT2D eigenvalue weighted by Crippen LogP contribution is -2.10. The molecule has 2 aromatic carbocycles. The van der Waals surface area contributed by atoms with E-state index >= 15 is 0 Å². The zero-order valence-electron chi connectivity index (χ0n) is 12.8. The van der Waals surface area contributed by atoms with Gasteiger partial charge in [0.2, 0.25) is 6.79 Å². The van der Waals surface area contributed by atoms with Crippen LogP contribution < -0.4 is 14.8 Å². The minimum Gasteiger partial charge on any atom is -0.454 e. The maximum atomic E-state index is 5.39. The molecule has 110 valence electrons. The van der Waals surface area contributed by atoms with Crippen molar-refractivity contribution in [1.82, 2.24) is 0 Å². The number of ether oxygens (including phenoxy) is 2. The third kappa shape index (κ3) is 3.13. The van der Waals surface area contributed by atoms with Crippen LogP contribution in [0.1, 0.15) is 31.9 Å². The summed E-state index contributed by atoms with van der Waals surface area (Å²) in [4.78, 5) is 0. The molecule has 0 aromatic heterocycles. The minimum absolute atomic E-state index is 0.190. The fourth-order valence-corrected chi connectivity index (χ4v) is 2.34. The largest absolute Gasteiger partial charge is 0.454 e. The molecule has 0 aliphatic carbocycles. The van der Waals surface area contributed by atoms with Crippen molar-refractivity contribution in [1.29, 1.82) is 0 Å². The zero-order valence-corrected chi connectivity index (χ0v) is 12.8. The Hall–Kier alpha value is -2.16. The first-order valence-corrected chi connectivity index (χ1v) is 7.25. The van der Waals surface area contributed by atoms with Gasteiger partial charge in [-0.05, 0) is 40.8 Å². The van der Waals surface area contributed by atoms with Gasteiger partial charge in [0.05, 0.1) is 0 Å². The highest BCUT2D eigenvalue weighted by Crippen LogP contribution is 2.32. The summed E-state index contributed by atoms with van der Waals surface area (Å²) in [5, 5.41) is 3.43. The molecule has 2 aromatic rings. The highest BCUT2D eigenvalue weighted by atomic mass is 16.7. The number of anilines is 1. The maximum Gasteiger partial charge on any atom is 0.231 e. The average molecular weight is 283 g/mol. The van der Waals surface area contributed by atoms with Crippen molar-refractivity contribution in [3.8, 4) is 11.5 Å². The number of benzene rings is 2. The van der Waals surface area contributed by atoms with Gasteiger partial charge in [-0.15, -0.1) is 0 Å². The molecule has 3 heteroatoms. The molecule has 0 saturated heterocycles. The predicted octanol–water partition coefficient (Wildman–Crippen LogP) is 4.32. The normalized spacial score (nSPS) is 13.3. The highest BCUT2D eigenvalue weighted by Gasteiger charge is 2.14. The van der Waals surface area contributed by atoms with Crippen LogP contribution in [0.25, 0.3) is 0 Å². The minimum atomic E-state index is 0.190. The Morgan fingerprint density at radius 2 is 1.67 bits per heavy atom. The third-order valence-electron chi connectivity index (χ3n) is 3.68. The molecular formula is C18H21NO2. The molecule has 0 spiro atoms. The molecule has 1 N–H and O–H groups in total. The van der Waals surface area contributed by atoms with E-state index in [-0.39, 0.29) is 5.41 Å². The van der Waals surface area contributed by atoms with Crippen molar-refractivity contribution in [2.45, 2.75) is 32.7 Å². The summed E-state index contributed by atoms with van der Waals surface area (Å²) in [6.45, 7) is 7.76. The van der Waals surface area contributed by atoms with Gasteiger partial charge < -0.3 is 14.8 Å². The van der Waals surface area contributed by atoms with Gasteiger partial charge >= 0.3 is 0 Å². The van der Waals surface area contributed by atoms with Gasteiger partial charge in [-0.2, -0.15) is 0 Å². The van der Waals surface area contributed by atoms with Gasteiger partial charge in [-0.3, -0.25) is 0 Å². The summed E-state index contributed by atoms with van der Waals surface area (Å²) >= 11 is 0. The summed E-state index contributed by atoms with van der Waals surface area (Å²) in [7, 11) is 0. The Kier molecular flexibility index (Phi) is 3.50. The summed E-state index contributed by atoms with van der Waals surface area (Å²) in [6.07, 6.45) is 0. The number of rotatable bonds is 3. The SMILES string of the molecule is CC(C)(C)c1ccc(NCc2ccc3c(c2)OCO3)cc1. The smallest absolute Gasteiger partial charge is 0.231 e. The van der Waals surface area contributed by atoms with Crippen LogP contribution in [-0.4, -0.2) is 6.79 Å². The molecule has 3 rings (SSSR count).